The number of aliphatic imine (C=N–C) groups is 1. The van der Waals surface area contributed by atoms with E-state index in [-0.39, 0.29) is 35.9 Å². The van der Waals surface area contributed by atoms with Crippen LogP contribution in [-0.4, -0.2) is 53.5 Å². The van der Waals surface area contributed by atoms with Gasteiger partial charge in [0.05, 0.1) is 12.2 Å². The lowest BCUT2D eigenvalue weighted by Crippen LogP contribution is -2.43. The molecular formula is C17H29IN6O3. The van der Waals surface area contributed by atoms with Gasteiger partial charge in [-0.05, 0) is 33.6 Å². The molecule has 0 bridgehead atoms. The standard InChI is InChI=1S/C17H28N6O3.HI/c1-6-17(4)14(24)23(16(25)22-17)9-7-8-19-15(18-5)20-10-13-21-11(2)12(3)26-13;/h6-10H2,1-5H3,(H,22,25)(H2,18,19,20);1H. The van der Waals surface area contributed by atoms with Gasteiger partial charge in [-0.15, -0.1) is 24.0 Å². The smallest absolute Gasteiger partial charge is 0.325 e. The summed E-state index contributed by atoms with van der Waals surface area (Å²) < 4.78 is 5.51. The highest BCUT2D eigenvalue weighted by molar-refractivity contribution is 14.0. The fourth-order valence-corrected chi connectivity index (χ4v) is 2.63. The number of imide groups is 1. The van der Waals surface area contributed by atoms with Gasteiger partial charge in [-0.25, -0.2) is 9.78 Å². The monoisotopic (exact) mass is 492 g/mol. The molecule has 1 aromatic heterocycles. The molecule has 2 heterocycles. The van der Waals surface area contributed by atoms with Crippen LogP contribution < -0.4 is 16.0 Å². The lowest BCUT2D eigenvalue weighted by atomic mass is 9.99. The van der Waals surface area contributed by atoms with Crippen LogP contribution in [0.4, 0.5) is 4.79 Å². The van der Waals surface area contributed by atoms with Gasteiger partial charge in [0.15, 0.2) is 5.96 Å². The van der Waals surface area contributed by atoms with Gasteiger partial charge in [-0.1, -0.05) is 6.92 Å². The maximum absolute atomic E-state index is 12.3. The molecule has 1 atom stereocenters. The molecule has 0 aliphatic carbocycles. The number of carbonyl (C=O) groups excluding carboxylic acids is 2. The largest absolute Gasteiger partial charge is 0.444 e. The van der Waals surface area contributed by atoms with Crippen molar-refractivity contribution in [1.29, 1.82) is 0 Å². The molecule has 0 saturated carbocycles. The minimum absolute atomic E-state index is 0. The molecule has 0 spiro atoms. The van der Waals surface area contributed by atoms with Gasteiger partial charge in [0.1, 0.15) is 11.3 Å². The molecular weight excluding hydrogens is 463 g/mol. The zero-order chi connectivity index (χ0) is 19.3. The lowest BCUT2D eigenvalue weighted by Gasteiger charge is -2.19. The zero-order valence-electron chi connectivity index (χ0n) is 16.5. The lowest BCUT2D eigenvalue weighted by molar-refractivity contribution is -0.130. The average molecular weight is 492 g/mol. The van der Waals surface area contributed by atoms with Crippen LogP contribution >= 0.6 is 24.0 Å². The molecule has 1 fully saturated rings. The van der Waals surface area contributed by atoms with E-state index in [0.717, 1.165) is 11.5 Å². The van der Waals surface area contributed by atoms with Crippen LogP contribution in [0.5, 0.6) is 0 Å². The van der Waals surface area contributed by atoms with Gasteiger partial charge >= 0.3 is 6.03 Å². The van der Waals surface area contributed by atoms with Crippen molar-refractivity contribution in [2.75, 3.05) is 20.1 Å². The van der Waals surface area contributed by atoms with E-state index in [2.05, 4.69) is 25.9 Å². The second-order valence-electron chi connectivity index (χ2n) is 6.53. The molecule has 1 unspecified atom stereocenters. The third-order valence-corrected chi connectivity index (χ3v) is 4.61. The Hall–Kier alpha value is -1.85. The number of urea groups is 1. The number of rotatable bonds is 7. The van der Waals surface area contributed by atoms with Crippen molar-refractivity contribution in [3.8, 4) is 0 Å². The van der Waals surface area contributed by atoms with E-state index in [9.17, 15) is 9.59 Å². The summed E-state index contributed by atoms with van der Waals surface area (Å²) in [6.45, 7) is 8.77. The normalized spacial score (nSPS) is 19.7. The molecule has 27 heavy (non-hydrogen) atoms. The Kier molecular flexibility index (Phi) is 8.51. The molecule has 2 rings (SSSR count). The van der Waals surface area contributed by atoms with E-state index in [4.69, 9.17) is 4.42 Å². The van der Waals surface area contributed by atoms with E-state index >= 15 is 0 Å². The van der Waals surface area contributed by atoms with Crippen LogP contribution in [0.15, 0.2) is 9.41 Å². The number of hydrogen-bond acceptors (Lipinski definition) is 5. The van der Waals surface area contributed by atoms with Crippen molar-refractivity contribution >= 4 is 41.9 Å². The molecule has 3 N–H and O–H groups in total. The van der Waals surface area contributed by atoms with E-state index in [1.165, 1.54) is 4.90 Å². The number of carbonyl (C=O) groups is 2. The highest BCUT2D eigenvalue weighted by Crippen LogP contribution is 2.20. The Labute approximate surface area is 176 Å². The Balaban J connectivity index is 0.00000364. The fourth-order valence-electron chi connectivity index (χ4n) is 2.63. The molecule has 0 aromatic carbocycles. The number of hydrogen-bond donors (Lipinski definition) is 3. The fraction of sp³-hybridized carbons (Fsp3) is 0.647. The van der Waals surface area contributed by atoms with Crippen LogP contribution in [0, 0.1) is 13.8 Å². The van der Waals surface area contributed by atoms with Gasteiger partial charge in [-0.2, -0.15) is 0 Å². The number of nitrogens with one attached hydrogen (secondary N) is 3. The molecule has 0 radical (unpaired) electrons. The topological polar surface area (TPSA) is 112 Å². The number of nitrogens with zero attached hydrogens (tertiary/aromatic N) is 3. The van der Waals surface area contributed by atoms with Crippen molar-refractivity contribution in [3.05, 3.63) is 17.3 Å². The summed E-state index contributed by atoms with van der Waals surface area (Å²) in [4.78, 5) is 34.0. The second-order valence-corrected chi connectivity index (χ2v) is 6.53. The summed E-state index contributed by atoms with van der Waals surface area (Å²) in [5, 5.41) is 9.02. The SMILES string of the molecule is CCC1(C)NC(=O)N(CCCNC(=NC)NCc2nc(C)c(C)o2)C1=O.I. The summed E-state index contributed by atoms with van der Waals surface area (Å²) in [5.74, 6) is 1.84. The number of aryl methyl sites for hydroxylation is 2. The minimum atomic E-state index is -0.783. The molecule has 1 saturated heterocycles. The van der Waals surface area contributed by atoms with Crippen LogP contribution in [0.3, 0.4) is 0 Å². The summed E-state index contributed by atoms with van der Waals surface area (Å²) in [6.07, 6.45) is 1.19. The van der Waals surface area contributed by atoms with Crippen molar-refractivity contribution in [1.82, 2.24) is 25.8 Å². The first-order valence-corrected chi connectivity index (χ1v) is 8.82. The maximum atomic E-state index is 12.3. The molecule has 10 heteroatoms. The molecule has 9 nitrogen and oxygen atoms in total. The maximum Gasteiger partial charge on any atom is 0.325 e. The number of guanidine groups is 1. The number of amides is 3. The highest BCUT2D eigenvalue weighted by atomic mass is 127. The first kappa shape index (κ1) is 23.2. The zero-order valence-corrected chi connectivity index (χ0v) is 18.8. The van der Waals surface area contributed by atoms with Crippen LogP contribution in [-0.2, 0) is 11.3 Å². The number of halogens is 1. The van der Waals surface area contributed by atoms with Crippen molar-refractivity contribution in [2.24, 2.45) is 4.99 Å². The summed E-state index contributed by atoms with van der Waals surface area (Å²) in [7, 11) is 1.67. The van der Waals surface area contributed by atoms with Gasteiger partial charge in [0.2, 0.25) is 5.89 Å². The van der Waals surface area contributed by atoms with Gasteiger partial charge in [0, 0.05) is 20.1 Å². The molecule has 152 valence electrons. The van der Waals surface area contributed by atoms with E-state index in [1.807, 2.05) is 20.8 Å². The minimum Gasteiger partial charge on any atom is -0.444 e. The van der Waals surface area contributed by atoms with E-state index < -0.39 is 5.54 Å². The van der Waals surface area contributed by atoms with Crippen molar-refractivity contribution < 1.29 is 14.0 Å². The predicted molar refractivity (Wildman–Crippen MR) is 113 cm³/mol. The van der Waals surface area contributed by atoms with Crippen LogP contribution in [0.1, 0.15) is 44.0 Å². The van der Waals surface area contributed by atoms with Gasteiger partial charge in [0.25, 0.3) is 5.91 Å². The molecule has 1 aromatic rings. The Bertz CT molecular complexity index is 685. The number of oxazole rings is 1. The van der Waals surface area contributed by atoms with Crippen LogP contribution in [0.25, 0.3) is 0 Å². The Morgan fingerprint density at radius 3 is 2.56 bits per heavy atom. The third-order valence-electron chi connectivity index (χ3n) is 4.61. The van der Waals surface area contributed by atoms with E-state index in [0.29, 0.717) is 44.3 Å². The van der Waals surface area contributed by atoms with Gasteiger partial charge in [-0.3, -0.25) is 14.7 Å². The number of aromatic nitrogens is 1. The Morgan fingerprint density at radius 1 is 1.33 bits per heavy atom. The summed E-state index contributed by atoms with van der Waals surface area (Å²) in [6, 6.07) is -0.323. The first-order valence-electron chi connectivity index (χ1n) is 8.82. The first-order chi connectivity index (χ1) is 12.3. The summed E-state index contributed by atoms with van der Waals surface area (Å²) >= 11 is 0. The molecule has 1 aliphatic rings. The summed E-state index contributed by atoms with van der Waals surface area (Å²) in [5.41, 5.74) is 0.0893. The second kappa shape index (κ2) is 9.90. The average Bonchev–Trinajstić information content (AvgIpc) is 3.04. The quantitative estimate of drug-likeness (QED) is 0.176. The Morgan fingerprint density at radius 2 is 2.04 bits per heavy atom. The van der Waals surface area contributed by atoms with Gasteiger partial charge < -0.3 is 20.4 Å². The van der Waals surface area contributed by atoms with E-state index in [1.54, 1.807) is 14.0 Å². The predicted octanol–water partition coefficient (Wildman–Crippen LogP) is 1.69. The molecule has 3 amide bonds. The van der Waals surface area contributed by atoms with Crippen molar-refractivity contribution in [2.45, 2.75) is 52.6 Å². The highest BCUT2D eigenvalue weighted by Gasteiger charge is 2.45. The van der Waals surface area contributed by atoms with Crippen LogP contribution in [0.2, 0.25) is 0 Å². The third kappa shape index (κ3) is 5.56. The van der Waals surface area contributed by atoms with Crippen molar-refractivity contribution in [3.63, 3.8) is 0 Å². The molecule has 1 aliphatic heterocycles.